The van der Waals surface area contributed by atoms with Crippen LogP contribution in [0.3, 0.4) is 0 Å². The van der Waals surface area contributed by atoms with E-state index in [-0.39, 0.29) is 24.4 Å². The molecular weight excluding hydrogens is 338 g/mol. The summed E-state index contributed by atoms with van der Waals surface area (Å²) in [5.74, 6) is 0.146. The number of nitrogens with zero attached hydrogens (tertiary/aromatic N) is 1. The molecule has 2 heterocycles. The van der Waals surface area contributed by atoms with E-state index in [1.165, 1.54) is 4.31 Å². The van der Waals surface area contributed by atoms with Crippen LogP contribution in [0.4, 0.5) is 0 Å². The molecule has 2 aliphatic rings. The van der Waals surface area contributed by atoms with E-state index in [0.29, 0.717) is 23.8 Å². The molecule has 0 radical (unpaired) electrons. The molecular formula is C18H27N3O3S. The lowest BCUT2D eigenvalue weighted by Crippen LogP contribution is -2.53. The standard InChI is InChI=1S/C18H27N3O3S/c1-14-9-10-19-12-17(14)20-18(22)15-6-5-11-21(13-15)25(23,24)16-7-3-2-4-8-16/h2-4,7-8,14-15,17,19H,5-6,9-13H2,1H3,(H,20,22). The van der Waals surface area contributed by atoms with Gasteiger partial charge in [-0.15, -0.1) is 0 Å². The van der Waals surface area contributed by atoms with Crippen LogP contribution < -0.4 is 10.6 Å². The first-order valence-corrected chi connectivity index (χ1v) is 10.5. The van der Waals surface area contributed by atoms with Gasteiger partial charge >= 0.3 is 0 Å². The molecule has 1 amide bonds. The van der Waals surface area contributed by atoms with Gasteiger partial charge in [-0.1, -0.05) is 25.1 Å². The van der Waals surface area contributed by atoms with Crippen LogP contribution in [0.5, 0.6) is 0 Å². The Morgan fingerprint density at radius 1 is 1.24 bits per heavy atom. The molecule has 1 aromatic rings. The minimum absolute atomic E-state index is 0.0199. The molecule has 0 aliphatic carbocycles. The van der Waals surface area contributed by atoms with Crippen molar-refractivity contribution in [1.82, 2.24) is 14.9 Å². The Bertz CT molecular complexity index is 693. The Kier molecular flexibility index (Phi) is 5.76. The highest BCUT2D eigenvalue weighted by molar-refractivity contribution is 7.89. The highest BCUT2D eigenvalue weighted by Crippen LogP contribution is 2.24. The van der Waals surface area contributed by atoms with E-state index in [1.54, 1.807) is 30.3 Å². The average Bonchev–Trinajstić information content (AvgIpc) is 2.64. The summed E-state index contributed by atoms with van der Waals surface area (Å²) >= 11 is 0. The van der Waals surface area contributed by atoms with Gasteiger partial charge in [-0.05, 0) is 43.9 Å². The fourth-order valence-corrected chi connectivity index (χ4v) is 5.14. The highest BCUT2D eigenvalue weighted by atomic mass is 32.2. The van der Waals surface area contributed by atoms with Crippen molar-refractivity contribution < 1.29 is 13.2 Å². The third kappa shape index (κ3) is 4.22. The number of nitrogens with one attached hydrogen (secondary N) is 2. The first-order valence-electron chi connectivity index (χ1n) is 9.05. The van der Waals surface area contributed by atoms with Crippen molar-refractivity contribution in [2.45, 2.75) is 37.1 Å². The van der Waals surface area contributed by atoms with E-state index < -0.39 is 10.0 Å². The smallest absolute Gasteiger partial charge is 0.243 e. The Morgan fingerprint density at radius 2 is 2.00 bits per heavy atom. The average molecular weight is 365 g/mol. The fourth-order valence-electron chi connectivity index (χ4n) is 3.60. The quantitative estimate of drug-likeness (QED) is 0.840. The second kappa shape index (κ2) is 7.85. The Morgan fingerprint density at radius 3 is 2.72 bits per heavy atom. The number of benzene rings is 1. The molecule has 3 atom stereocenters. The first-order chi connectivity index (χ1) is 12.0. The van der Waals surface area contributed by atoms with Crippen LogP contribution in [-0.4, -0.2) is 50.9 Å². The summed E-state index contributed by atoms with van der Waals surface area (Å²) in [7, 11) is -3.53. The Hall–Kier alpha value is -1.44. The van der Waals surface area contributed by atoms with Gasteiger partial charge in [0.05, 0.1) is 10.8 Å². The molecule has 2 fully saturated rings. The number of hydrogen-bond donors (Lipinski definition) is 2. The van der Waals surface area contributed by atoms with Crippen molar-refractivity contribution in [2.24, 2.45) is 11.8 Å². The van der Waals surface area contributed by atoms with Crippen molar-refractivity contribution in [2.75, 3.05) is 26.2 Å². The van der Waals surface area contributed by atoms with E-state index in [9.17, 15) is 13.2 Å². The maximum Gasteiger partial charge on any atom is 0.243 e. The number of rotatable bonds is 4. The summed E-state index contributed by atoms with van der Waals surface area (Å²) in [5.41, 5.74) is 0. The van der Waals surface area contributed by atoms with E-state index >= 15 is 0 Å². The number of carbonyl (C=O) groups excluding carboxylic acids is 1. The lowest BCUT2D eigenvalue weighted by Gasteiger charge is -2.34. The molecule has 0 spiro atoms. The predicted octanol–water partition coefficient (Wildman–Crippen LogP) is 1.20. The number of amides is 1. The molecule has 25 heavy (non-hydrogen) atoms. The molecule has 3 unspecified atom stereocenters. The van der Waals surface area contributed by atoms with Crippen LogP contribution in [0.15, 0.2) is 35.2 Å². The molecule has 6 nitrogen and oxygen atoms in total. The zero-order valence-electron chi connectivity index (χ0n) is 14.6. The molecule has 2 N–H and O–H groups in total. The lowest BCUT2D eigenvalue weighted by atomic mass is 9.93. The van der Waals surface area contributed by atoms with Crippen molar-refractivity contribution in [3.63, 3.8) is 0 Å². The molecule has 3 rings (SSSR count). The maximum absolute atomic E-state index is 12.8. The summed E-state index contributed by atoms with van der Waals surface area (Å²) in [6.45, 7) is 4.66. The van der Waals surface area contributed by atoms with Crippen molar-refractivity contribution in [1.29, 1.82) is 0 Å². The van der Waals surface area contributed by atoms with E-state index in [1.807, 2.05) is 0 Å². The van der Waals surface area contributed by atoms with Gasteiger partial charge in [0.15, 0.2) is 0 Å². The van der Waals surface area contributed by atoms with Crippen LogP contribution in [0.1, 0.15) is 26.2 Å². The summed E-state index contributed by atoms with van der Waals surface area (Å²) in [4.78, 5) is 13.0. The minimum Gasteiger partial charge on any atom is -0.352 e. The highest BCUT2D eigenvalue weighted by Gasteiger charge is 2.34. The van der Waals surface area contributed by atoms with E-state index in [2.05, 4.69) is 17.6 Å². The fraction of sp³-hybridized carbons (Fsp3) is 0.611. The summed E-state index contributed by atoms with van der Waals surface area (Å²) in [6, 6.07) is 8.58. The summed E-state index contributed by atoms with van der Waals surface area (Å²) < 4.78 is 27.0. The predicted molar refractivity (Wildman–Crippen MR) is 96.5 cm³/mol. The van der Waals surface area contributed by atoms with Crippen LogP contribution >= 0.6 is 0 Å². The van der Waals surface area contributed by atoms with Gasteiger partial charge in [0.2, 0.25) is 15.9 Å². The van der Waals surface area contributed by atoms with Crippen molar-refractivity contribution in [3.05, 3.63) is 30.3 Å². The lowest BCUT2D eigenvalue weighted by molar-refractivity contribution is -0.127. The first kappa shape index (κ1) is 18.4. The summed E-state index contributed by atoms with van der Waals surface area (Å²) in [5, 5.41) is 6.43. The number of hydrogen-bond acceptors (Lipinski definition) is 4. The van der Waals surface area contributed by atoms with Crippen molar-refractivity contribution in [3.8, 4) is 0 Å². The van der Waals surface area contributed by atoms with Gasteiger partial charge in [0.1, 0.15) is 0 Å². The van der Waals surface area contributed by atoms with Crippen molar-refractivity contribution >= 4 is 15.9 Å². The molecule has 0 aromatic heterocycles. The van der Waals surface area contributed by atoms with Gasteiger partial charge in [0.25, 0.3) is 0 Å². The van der Waals surface area contributed by atoms with E-state index in [4.69, 9.17) is 0 Å². The van der Waals surface area contributed by atoms with E-state index in [0.717, 1.165) is 25.9 Å². The number of carbonyl (C=O) groups is 1. The molecule has 1 aromatic carbocycles. The number of sulfonamides is 1. The third-order valence-corrected chi connectivity index (χ3v) is 7.17. The van der Waals surface area contributed by atoms with Gasteiger partial charge in [-0.2, -0.15) is 4.31 Å². The van der Waals surface area contributed by atoms with Gasteiger partial charge < -0.3 is 10.6 Å². The maximum atomic E-state index is 12.8. The molecule has 7 heteroatoms. The van der Waals surface area contributed by atoms with Gasteiger partial charge in [-0.3, -0.25) is 4.79 Å². The molecule has 138 valence electrons. The summed E-state index contributed by atoms with van der Waals surface area (Å²) in [6.07, 6.45) is 2.49. The van der Waals surface area contributed by atoms with Crippen LogP contribution in [-0.2, 0) is 14.8 Å². The van der Waals surface area contributed by atoms with Gasteiger partial charge in [0, 0.05) is 25.7 Å². The SMILES string of the molecule is CC1CCNCC1NC(=O)C1CCCN(S(=O)(=O)c2ccccc2)C1. The monoisotopic (exact) mass is 365 g/mol. The largest absolute Gasteiger partial charge is 0.352 e. The zero-order chi connectivity index (χ0) is 17.9. The van der Waals surface area contributed by atoms with Crippen LogP contribution in [0.2, 0.25) is 0 Å². The number of piperidine rings is 2. The third-order valence-electron chi connectivity index (χ3n) is 5.29. The van der Waals surface area contributed by atoms with Crippen LogP contribution in [0, 0.1) is 11.8 Å². The Balaban J connectivity index is 1.65. The molecule has 2 aliphatic heterocycles. The molecule has 0 saturated carbocycles. The zero-order valence-corrected chi connectivity index (χ0v) is 15.5. The van der Waals surface area contributed by atoms with Crippen LogP contribution in [0.25, 0.3) is 0 Å². The van der Waals surface area contributed by atoms with Gasteiger partial charge in [-0.25, -0.2) is 8.42 Å². The normalized spacial score (nSPS) is 28.4. The topological polar surface area (TPSA) is 78.5 Å². The molecule has 0 bridgehead atoms. The Labute approximate surface area is 150 Å². The second-order valence-corrected chi connectivity index (χ2v) is 9.04. The molecule has 2 saturated heterocycles. The minimum atomic E-state index is -3.53. The second-order valence-electron chi connectivity index (χ2n) is 7.10.